The van der Waals surface area contributed by atoms with Crippen LogP contribution < -0.4 is 10.6 Å². The summed E-state index contributed by atoms with van der Waals surface area (Å²) in [5.74, 6) is 0.899. The van der Waals surface area contributed by atoms with Gasteiger partial charge in [-0.15, -0.1) is 11.3 Å². The Hall–Kier alpha value is -2.68. The lowest BCUT2D eigenvalue weighted by Gasteiger charge is -2.18. The van der Waals surface area contributed by atoms with Crippen LogP contribution in [0.15, 0.2) is 34.9 Å². The summed E-state index contributed by atoms with van der Waals surface area (Å²) in [5.41, 5.74) is 0.898. The topological polar surface area (TPSA) is 91.1 Å². The minimum atomic E-state index is -0.130. The number of imide groups is 1. The molecule has 2 aromatic heterocycles. The molecule has 1 saturated heterocycles. The molecular weight excluding hydrogens is 388 g/mol. The molecule has 3 heterocycles. The molecule has 2 fully saturated rings. The van der Waals surface area contributed by atoms with E-state index in [9.17, 15) is 9.59 Å². The van der Waals surface area contributed by atoms with E-state index in [1.54, 1.807) is 11.3 Å². The highest BCUT2D eigenvalue weighted by Gasteiger charge is 2.58. The monoisotopic (exact) mass is 412 g/mol. The van der Waals surface area contributed by atoms with E-state index in [2.05, 4.69) is 32.8 Å². The number of fused-ring (bicyclic) bond motifs is 6. The summed E-state index contributed by atoms with van der Waals surface area (Å²) in [6, 6.07) is 0. The van der Waals surface area contributed by atoms with Crippen molar-refractivity contribution in [2.75, 3.05) is 19.6 Å². The van der Waals surface area contributed by atoms with Gasteiger partial charge in [0.15, 0.2) is 10.9 Å². The van der Waals surface area contributed by atoms with E-state index in [-0.39, 0.29) is 35.5 Å². The molecule has 0 radical (unpaired) electrons. The van der Waals surface area contributed by atoms with Crippen LogP contribution in [0.3, 0.4) is 0 Å². The lowest BCUT2D eigenvalue weighted by Crippen LogP contribution is -2.43. The van der Waals surface area contributed by atoms with Crippen LogP contribution in [0.2, 0.25) is 0 Å². The van der Waals surface area contributed by atoms with E-state index < -0.39 is 0 Å². The highest BCUT2D eigenvalue weighted by molar-refractivity contribution is 7.15. The number of aromatic nitrogens is 2. The molecule has 2 aromatic rings. The Morgan fingerprint density at radius 1 is 1.24 bits per heavy atom. The molecule has 152 valence electrons. The van der Waals surface area contributed by atoms with Crippen molar-refractivity contribution in [1.82, 2.24) is 24.9 Å². The van der Waals surface area contributed by atoms with E-state index in [1.165, 1.54) is 4.90 Å². The lowest BCUT2D eigenvalue weighted by atomic mass is 9.85. The third kappa shape index (κ3) is 3.13. The van der Waals surface area contributed by atoms with Crippen molar-refractivity contribution in [2.24, 2.45) is 28.7 Å². The molecule has 4 atom stereocenters. The zero-order chi connectivity index (χ0) is 20.0. The summed E-state index contributed by atoms with van der Waals surface area (Å²) in [7, 11) is 0. The number of allylic oxidation sites excluding steroid dienone is 2. The molecule has 5 rings (SSSR count). The summed E-state index contributed by atoms with van der Waals surface area (Å²) >= 11 is 1.59. The number of carbonyl (C=O) groups is 2. The molecule has 8 nitrogen and oxygen atoms in total. The van der Waals surface area contributed by atoms with Crippen molar-refractivity contribution in [3.8, 4) is 0 Å². The Balaban J connectivity index is 1.18. The number of guanidine groups is 1. The van der Waals surface area contributed by atoms with Gasteiger partial charge in [-0.2, -0.15) is 0 Å². The number of imidazole rings is 1. The maximum atomic E-state index is 12.7. The number of aliphatic imine (C=N–C) groups is 1. The molecule has 3 aliphatic rings. The predicted molar refractivity (Wildman–Crippen MR) is 110 cm³/mol. The second-order valence-corrected chi connectivity index (χ2v) is 8.65. The molecule has 0 spiro atoms. The van der Waals surface area contributed by atoms with Gasteiger partial charge in [0.25, 0.3) is 0 Å². The number of nitrogens with one attached hydrogen (secondary N) is 2. The van der Waals surface area contributed by atoms with E-state index >= 15 is 0 Å². The van der Waals surface area contributed by atoms with Crippen molar-refractivity contribution < 1.29 is 9.59 Å². The van der Waals surface area contributed by atoms with Crippen LogP contribution in [0, 0.1) is 23.7 Å². The van der Waals surface area contributed by atoms with Gasteiger partial charge in [-0.3, -0.25) is 18.9 Å². The summed E-state index contributed by atoms with van der Waals surface area (Å²) in [6.07, 6.45) is 9.15. The number of thiazole rings is 1. The fourth-order valence-corrected chi connectivity index (χ4v) is 5.54. The fraction of sp³-hybridized carbons (Fsp3) is 0.500. The maximum absolute atomic E-state index is 12.7. The van der Waals surface area contributed by atoms with E-state index in [0.29, 0.717) is 25.6 Å². The minimum Gasteiger partial charge on any atom is -0.357 e. The number of nitrogens with zero attached hydrogens (tertiary/aromatic N) is 4. The first-order chi connectivity index (χ1) is 14.2. The Morgan fingerprint density at radius 3 is 2.69 bits per heavy atom. The van der Waals surface area contributed by atoms with Gasteiger partial charge in [0.2, 0.25) is 11.8 Å². The van der Waals surface area contributed by atoms with E-state index in [1.807, 2.05) is 29.1 Å². The number of hydrogen-bond acceptors (Lipinski definition) is 5. The van der Waals surface area contributed by atoms with E-state index in [4.69, 9.17) is 0 Å². The van der Waals surface area contributed by atoms with Crippen LogP contribution >= 0.6 is 11.3 Å². The van der Waals surface area contributed by atoms with Gasteiger partial charge in [-0.05, 0) is 25.2 Å². The molecule has 1 aliphatic heterocycles. The number of carbonyl (C=O) groups excluding carboxylic acids is 2. The molecular formula is C20H24N6O2S. The van der Waals surface area contributed by atoms with Crippen LogP contribution in [0.25, 0.3) is 4.96 Å². The number of rotatable bonds is 6. The van der Waals surface area contributed by atoms with Gasteiger partial charge in [0.1, 0.15) is 0 Å². The van der Waals surface area contributed by atoms with E-state index in [0.717, 1.165) is 23.6 Å². The predicted octanol–water partition coefficient (Wildman–Crippen LogP) is 1.26. The highest BCUT2D eigenvalue weighted by Crippen LogP contribution is 2.52. The molecule has 2 N–H and O–H groups in total. The van der Waals surface area contributed by atoms with Gasteiger partial charge in [0, 0.05) is 37.4 Å². The number of amides is 2. The van der Waals surface area contributed by atoms with Gasteiger partial charge in [-0.1, -0.05) is 12.2 Å². The smallest absolute Gasteiger partial charge is 0.233 e. The molecule has 2 bridgehead atoms. The van der Waals surface area contributed by atoms with Gasteiger partial charge >= 0.3 is 0 Å². The van der Waals surface area contributed by atoms with Gasteiger partial charge in [0.05, 0.1) is 24.1 Å². The van der Waals surface area contributed by atoms with Crippen LogP contribution in [0.4, 0.5) is 0 Å². The Labute approximate surface area is 172 Å². The van der Waals surface area contributed by atoms with Crippen LogP contribution in [-0.2, 0) is 16.1 Å². The molecule has 9 heteroatoms. The van der Waals surface area contributed by atoms with Gasteiger partial charge in [-0.25, -0.2) is 9.98 Å². The van der Waals surface area contributed by atoms with Crippen LogP contribution in [-0.4, -0.2) is 51.7 Å². The second-order valence-electron chi connectivity index (χ2n) is 7.78. The number of hydrogen-bond donors (Lipinski definition) is 2. The molecule has 29 heavy (non-hydrogen) atoms. The van der Waals surface area contributed by atoms with Crippen LogP contribution in [0.5, 0.6) is 0 Å². The summed E-state index contributed by atoms with van der Waals surface area (Å²) < 4.78 is 1.99. The Morgan fingerprint density at radius 2 is 2.00 bits per heavy atom. The quantitative estimate of drug-likeness (QED) is 0.323. The maximum Gasteiger partial charge on any atom is 0.233 e. The van der Waals surface area contributed by atoms with Crippen molar-refractivity contribution in [3.63, 3.8) is 0 Å². The average molecular weight is 413 g/mol. The third-order valence-electron chi connectivity index (χ3n) is 6.08. The summed E-state index contributed by atoms with van der Waals surface area (Å²) in [5, 5.41) is 8.43. The van der Waals surface area contributed by atoms with Crippen molar-refractivity contribution in [3.05, 3.63) is 35.6 Å². The Bertz CT molecular complexity index is 949. The third-order valence-corrected chi connectivity index (χ3v) is 6.85. The van der Waals surface area contributed by atoms with Crippen molar-refractivity contribution >= 4 is 34.1 Å². The fourth-order valence-electron chi connectivity index (χ4n) is 4.82. The summed E-state index contributed by atoms with van der Waals surface area (Å²) in [4.78, 5) is 37.0. The average Bonchev–Trinajstić information content (AvgIpc) is 3.49. The van der Waals surface area contributed by atoms with Crippen molar-refractivity contribution in [1.29, 1.82) is 0 Å². The zero-order valence-corrected chi connectivity index (χ0v) is 17.1. The first-order valence-electron chi connectivity index (χ1n) is 10.1. The Kier molecular flexibility index (Phi) is 4.61. The molecule has 2 aliphatic carbocycles. The first-order valence-corrected chi connectivity index (χ1v) is 11.0. The minimum absolute atomic E-state index is 0.00123. The lowest BCUT2D eigenvalue weighted by molar-refractivity contribution is -0.140. The molecule has 4 unspecified atom stereocenters. The van der Waals surface area contributed by atoms with Crippen LogP contribution in [0.1, 0.15) is 19.0 Å². The molecule has 2 amide bonds. The first kappa shape index (κ1) is 18.4. The standard InChI is InChI=1S/C20H24N6O2S/c1-2-21-19(23-10-14-11-25-7-8-29-20(25)24-14)22-5-6-26-17(27)15-12-3-4-13(9-12)16(15)18(26)28/h3-4,7-8,11-13,15-16H,2,5-6,9-10H2,1H3,(H2,21,22,23). The number of likely N-dealkylation sites (tertiary alicyclic amines) is 1. The zero-order valence-electron chi connectivity index (χ0n) is 16.2. The highest BCUT2D eigenvalue weighted by atomic mass is 32.1. The molecule has 0 aromatic carbocycles. The normalized spacial score (nSPS) is 28.0. The second kappa shape index (κ2) is 7.29. The summed E-state index contributed by atoms with van der Waals surface area (Å²) in [6.45, 7) is 4.04. The SMILES string of the molecule is CCNC(=NCc1cn2ccsc2n1)NCCN1C(=O)C2C3C=CC(C3)C2C1=O. The van der Waals surface area contributed by atoms with Gasteiger partial charge < -0.3 is 10.6 Å². The molecule has 1 saturated carbocycles. The van der Waals surface area contributed by atoms with Crippen molar-refractivity contribution in [2.45, 2.75) is 19.9 Å². The largest absolute Gasteiger partial charge is 0.357 e.